The van der Waals surface area contributed by atoms with Crippen LogP contribution in [0.3, 0.4) is 0 Å². The molecule has 1 aromatic rings. The van der Waals surface area contributed by atoms with Gasteiger partial charge in [-0.25, -0.2) is 0 Å². The molecule has 23 heavy (non-hydrogen) atoms. The van der Waals surface area contributed by atoms with E-state index in [9.17, 15) is 4.79 Å². The molecule has 0 saturated heterocycles. The van der Waals surface area contributed by atoms with Crippen molar-refractivity contribution in [3.05, 3.63) is 48.2 Å². The van der Waals surface area contributed by atoms with Gasteiger partial charge in [0.15, 0.2) is 0 Å². The number of hydrogen-bond acceptors (Lipinski definition) is 3. The summed E-state index contributed by atoms with van der Waals surface area (Å²) in [4.78, 5) is 12.5. The maximum atomic E-state index is 12.5. The molecular weight excluding hydrogens is 304 g/mol. The van der Waals surface area contributed by atoms with Gasteiger partial charge in [0.05, 0.1) is 12.9 Å². The van der Waals surface area contributed by atoms with Crippen molar-refractivity contribution in [1.29, 1.82) is 0 Å². The van der Waals surface area contributed by atoms with Gasteiger partial charge in [0.2, 0.25) is 8.32 Å². The fourth-order valence-electron chi connectivity index (χ4n) is 2.73. The summed E-state index contributed by atoms with van der Waals surface area (Å²) in [6, 6.07) is 10.1. The van der Waals surface area contributed by atoms with Crippen molar-refractivity contribution in [3.63, 3.8) is 0 Å². The Morgan fingerprint density at radius 3 is 2.30 bits per heavy atom. The summed E-state index contributed by atoms with van der Waals surface area (Å²) in [5, 5.41) is 0.0599. The first-order chi connectivity index (χ1) is 10.6. The summed E-state index contributed by atoms with van der Waals surface area (Å²) in [6.07, 6.45) is 0.705. The number of methoxy groups -OCH3 is 1. The molecule has 3 nitrogen and oxygen atoms in total. The molecule has 0 aromatic heterocycles. The van der Waals surface area contributed by atoms with Crippen molar-refractivity contribution in [2.75, 3.05) is 7.11 Å². The predicted molar refractivity (Wildman–Crippen MR) is 95.7 cm³/mol. The SMILES string of the molecule is C=C(O[Si](C)(C)C(C)(C)C)[C@@]1(C(=O)OC)C[C@H]1c1ccccc1. The molecule has 1 aliphatic carbocycles. The van der Waals surface area contributed by atoms with Gasteiger partial charge in [-0.1, -0.05) is 57.7 Å². The average molecular weight is 333 g/mol. The molecular formula is C19H28O3Si. The van der Waals surface area contributed by atoms with Crippen LogP contribution in [-0.2, 0) is 14.0 Å². The second kappa shape index (κ2) is 5.82. The van der Waals surface area contributed by atoms with Gasteiger partial charge in [-0.05, 0) is 30.1 Å². The Kier molecular flexibility index (Phi) is 4.50. The second-order valence-electron chi connectivity index (χ2n) is 7.92. The quantitative estimate of drug-likeness (QED) is 0.438. The molecule has 0 N–H and O–H groups in total. The maximum Gasteiger partial charge on any atom is 0.320 e. The monoisotopic (exact) mass is 332 g/mol. The Morgan fingerprint density at radius 2 is 1.83 bits per heavy atom. The van der Waals surface area contributed by atoms with Gasteiger partial charge >= 0.3 is 5.97 Å². The fraction of sp³-hybridized carbons (Fsp3) is 0.526. The third-order valence-electron chi connectivity index (χ3n) is 5.39. The largest absolute Gasteiger partial charge is 0.546 e. The second-order valence-corrected chi connectivity index (χ2v) is 12.6. The number of rotatable bonds is 5. The highest BCUT2D eigenvalue weighted by atomic mass is 28.4. The van der Waals surface area contributed by atoms with Gasteiger partial charge < -0.3 is 9.16 Å². The molecule has 4 heteroatoms. The maximum absolute atomic E-state index is 12.5. The molecule has 1 fully saturated rings. The van der Waals surface area contributed by atoms with E-state index in [2.05, 4.69) is 52.6 Å². The Labute approximate surface area is 140 Å². The van der Waals surface area contributed by atoms with Crippen LogP contribution in [0.15, 0.2) is 42.7 Å². The number of esters is 1. The van der Waals surface area contributed by atoms with E-state index in [4.69, 9.17) is 9.16 Å². The predicted octanol–water partition coefficient (Wildman–Crippen LogP) is 4.87. The first kappa shape index (κ1) is 17.8. The van der Waals surface area contributed by atoms with E-state index in [0.29, 0.717) is 12.2 Å². The van der Waals surface area contributed by atoms with Crippen molar-refractivity contribution in [3.8, 4) is 0 Å². The first-order valence-electron chi connectivity index (χ1n) is 8.08. The van der Waals surface area contributed by atoms with Crippen LogP contribution < -0.4 is 0 Å². The van der Waals surface area contributed by atoms with Gasteiger partial charge in [0.25, 0.3) is 0 Å². The summed E-state index contributed by atoms with van der Waals surface area (Å²) in [5.74, 6) is 0.424. The lowest BCUT2D eigenvalue weighted by Gasteiger charge is -2.38. The molecule has 0 radical (unpaired) electrons. The number of carbonyl (C=O) groups is 1. The third kappa shape index (κ3) is 3.09. The van der Waals surface area contributed by atoms with Crippen molar-refractivity contribution in [2.24, 2.45) is 5.41 Å². The van der Waals surface area contributed by atoms with Crippen LogP contribution in [0.25, 0.3) is 0 Å². The lowest BCUT2D eigenvalue weighted by molar-refractivity contribution is -0.146. The zero-order valence-electron chi connectivity index (χ0n) is 15.1. The lowest BCUT2D eigenvalue weighted by Crippen LogP contribution is -2.42. The molecule has 0 amide bonds. The molecule has 2 rings (SSSR count). The zero-order chi connectivity index (χ0) is 17.5. The normalized spacial score (nSPS) is 24.0. The topological polar surface area (TPSA) is 35.5 Å². The van der Waals surface area contributed by atoms with Crippen molar-refractivity contribution in [2.45, 2.75) is 51.2 Å². The van der Waals surface area contributed by atoms with E-state index >= 15 is 0 Å². The van der Waals surface area contributed by atoms with Gasteiger partial charge in [-0.3, -0.25) is 4.79 Å². The van der Waals surface area contributed by atoms with Crippen LogP contribution in [0.1, 0.15) is 38.7 Å². The van der Waals surface area contributed by atoms with E-state index in [0.717, 1.165) is 5.56 Å². The van der Waals surface area contributed by atoms with Gasteiger partial charge in [-0.2, -0.15) is 0 Å². The van der Waals surface area contributed by atoms with E-state index < -0.39 is 13.7 Å². The molecule has 1 aliphatic rings. The van der Waals surface area contributed by atoms with Crippen molar-refractivity contribution < 1.29 is 14.0 Å². The molecule has 126 valence electrons. The number of hydrogen-bond donors (Lipinski definition) is 0. The fourth-order valence-corrected chi connectivity index (χ4v) is 3.84. The standard InChI is InChI=1S/C19H28O3Si/c1-14(22-23(6,7)18(2,3)4)19(17(20)21-5)13-16(19)15-11-9-8-10-12-15/h8-12,16H,1,13H2,2-7H3/t16-,19-/m0/s1. The molecule has 0 spiro atoms. The lowest BCUT2D eigenvalue weighted by atomic mass is 9.97. The minimum Gasteiger partial charge on any atom is -0.546 e. The molecule has 2 atom stereocenters. The van der Waals surface area contributed by atoms with Crippen LogP contribution in [0.5, 0.6) is 0 Å². The smallest absolute Gasteiger partial charge is 0.320 e. The molecule has 0 bridgehead atoms. The Hall–Kier alpha value is -1.55. The van der Waals surface area contributed by atoms with Crippen molar-refractivity contribution in [1.82, 2.24) is 0 Å². The minimum atomic E-state index is -2.03. The first-order valence-corrected chi connectivity index (χ1v) is 11.0. The molecule has 1 saturated carbocycles. The van der Waals surface area contributed by atoms with Crippen LogP contribution in [0.4, 0.5) is 0 Å². The number of ether oxygens (including phenoxy) is 1. The number of benzene rings is 1. The Morgan fingerprint density at radius 1 is 1.26 bits per heavy atom. The number of carbonyl (C=O) groups excluding carboxylic acids is 1. The van der Waals surface area contributed by atoms with E-state index in [1.54, 1.807) is 0 Å². The van der Waals surface area contributed by atoms with Crippen LogP contribution >= 0.6 is 0 Å². The summed E-state index contributed by atoms with van der Waals surface area (Å²) >= 11 is 0. The van der Waals surface area contributed by atoms with E-state index in [1.165, 1.54) is 7.11 Å². The molecule has 1 aromatic carbocycles. The van der Waals surface area contributed by atoms with E-state index in [1.807, 2.05) is 18.2 Å². The highest BCUT2D eigenvalue weighted by Gasteiger charge is 2.65. The van der Waals surface area contributed by atoms with Crippen LogP contribution in [-0.4, -0.2) is 21.4 Å². The van der Waals surface area contributed by atoms with Crippen LogP contribution in [0, 0.1) is 5.41 Å². The van der Waals surface area contributed by atoms with Crippen LogP contribution in [0.2, 0.25) is 18.1 Å². The average Bonchev–Trinajstić information content (AvgIpc) is 3.22. The summed E-state index contributed by atoms with van der Waals surface area (Å²) in [6.45, 7) is 15.0. The van der Waals surface area contributed by atoms with Gasteiger partial charge in [0.1, 0.15) is 5.41 Å². The highest BCUT2D eigenvalue weighted by molar-refractivity contribution is 6.74. The summed E-state index contributed by atoms with van der Waals surface area (Å²) < 4.78 is 11.4. The van der Waals surface area contributed by atoms with E-state index in [-0.39, 0.29) is 16.9 Å². The summed E-state index contributed by atoms with van der Waals surface area (Å²) in [5.41, 5.74) is 0.406. The molecule has 0 aliphatic heterocycles. The zero-order valence-corrected chi connectivity index (χ0v) is 16.1. The minimum absolute atomic E-state index is 0.0599. The Bertz CT molecular complexity index is 601. The highest BCUT2D eigenvalue weighted by Crippen LogP contribution is 2.64. The van der Waals surface area contributed by atoms with Gasteiger partial charge in [0, 0.05) is 5.92 Å². The van der Waals surface area contributed by atoms with Crippen molar-refractivity contribution >= 4 is 14.3 Å². The van der Waals surface area contributed by atoms with Gasteiger partial charge in [-0.15, -0.1) is 0 Å². The third-order valence-corrected chi connectivity index (χ3v) is 9.76. The molecule has 0 heterocycles. The summed E-state index contributed by atoms with van der Waals surface area (Å²) in [7, 11) is -0.600. The Balaban J connectivity index is 2.29. The molecule has 0 unspecified atom stereocenters.